The molecule has 1 saturated carbocycles. The number of rotatable bonds is 4. The van der Waals surface area contributed by atoms with Gasteiger partial charge < -0.3 is 10.1 Å². The van der Waals surface area contributed by atoms with Gasteiger partial charge in [-0.25, -0.2) is 0 Å². The molecule has 94 valence electrons. The molecule has 1 fully saturated rings. The van der Waals surface area contributed by atoms with Crippen molar-refractivity contribution in [2.75, 3.05) is 13.7 Å². The molecule has 0 saturated heterocycles. The van der Waals surface area contributed by atoms with Crippen LogP contribution in [0.1, 0.15) is 46.5 Å². The molecule has 0 spiro atoms. The lowest BCUT2D eigenvalue weighted by molar-refractivity contribution is -0.143. The van der Waals surface area contributed by atoms with Gasteiger partial charge in [0.2, 0.25) is 0 Å². The standard InChI is InChI=1S/C13H25NO2/c1-5-14-13(9-12(15)16-4)7-10(2)6-11(3)8-13/h10-11,14H,5-9H2,1-4H3. The van der Waals surface area contributed by atoms with Crippen LogP contribution < -0.4 is 5.32 Å². The maximum Gasteiger partial charge on any atom is 0.307 e. The van der Waals surface area contributed by atoms with E-state index >= 15 is 0 Å². The lowest BCUT2D eigenvalue weighted by Gasteiger charge is -2.43. The molecule has 2 atom stereocenters. The van der Waals surface area contributed by atoms with Gasteiger partial charge in [0.25, 0.3) is 0 Å². The minimum atomic E-state index is -0.0951. The summed E-state index contributed by atoms with van der Waals surface area (Å²) in [7, 11) is 1.47. The van der Waals surface area contributed by atoms with Crippen LogP contribution in [0.25, 0.3) is 0 Å². The van der Waals surface area contributed by atoms with Gasteiger partial charge in [-0.1, -0.05) is 20.8 Å². The molecule has 1 aliphatic carbocycles. The van der Waals surface area contributed by atoms with Crippen LogP contribution in [0.2, 0.25) is 0 Å². The molecule has 0 radical (unpaired) electrons. The van der Waals surface area contributed by atoms with E-state index in [4.69, 9.17) is 4.74 Å². The highest BCUT2D eigenvalue weighted by molar-refractivity contribution is 5.70. The zero-order chi connectivity index (χ0) is 12.2. The third-order valence-electron chi connectivity index (χ3n) is 3.55. The first kappa shape index (κ1) is 13.5. The summed E-state index contributed by atoms with van der Waals surface area (Å²) in [6.45, 7) is 7.57. The average Bonchev–Trinajstić information content (AvgIpc) is 2.15. The van der Waals surface area contributed by atoms with Crippen LogP contribution in [0.5, 0.6) is 0 Å². The van der Waals surface area contributed by atoms with E-state index in [0.717, 1.165) is 19.4 Å². The van der Waals surface area contributed by atoms with Crippen molar-refractivity contribution in [3.63, 3.8) is 0 Å². The van der Waals surface area contributed by atoms with E-state index in [0.29, 0.717) is 18.3 Å². The zero-order valence-corrected chi connectivity index (χ0v) is 11.0. The smallest absolute Gasteiger partial charge is 0.307 e. The molecule has 0 bridgehead atoms. The van der Waals surface area contributed by atoms with Gasteiger partial charge in [-0.3, -0.25) is 4.79 Å². The maximum atomic E-state index is 11.5. The molecule has 0 heterocycles. The Morgan fingerprint density at radius 1 is 1.38 bits per heavy atom. The van der Waals surface area contributed by atoms with E-state index < -0.39 is 0 Å². The number of carbonyl (C=O) groups excluding carboxylic acids is 1. The van der Waals surface area contributed by atoms with Gasteiger partial charge in [0.15, 0.2) is 0 Å². The fourth-order valence-electron chi connectivity index (χ4n) is 3.35. The third kappa shape index (κ3) is 3.48. The highest BCUT2D eigenvalue weighted by Gasteiger charge is 2.39. The number of esters is 1. The quantitative estimate of drug-likeness (QED) is 0.749. The van der Waals surface area contributed by atoms with E-state index in [1.54, 1.807) is 0 Å². The van der Waals surface area contributed by atoms with Gasteiger partial charge in [0, 0.05) is 5.54 Å². The summed E-state index contributed by atoms with van der Waals surface area (Å²) in [6, 6.07) is 0. The Morgan fingerprint density at radius 2 is 1.94 bits per heavy atom. The first-order chi connectivity index (χ1) is 7.51. The van der Waals surface area contributed by atoms with Crippen LogP contribution in [-0.4, -0.2) is 25.2 Å². The molecular formula is C13H25NO2. The van der Waals surface area contributed by atoms with Crippen LogP contribution in [0.15, 0.2) is 0 Å². The third-order valence-corrected chi connectivity index (χ3v) is 3.55. The van der Waals surface area contributed by atoms with Gasteiger partial charge in [-0.2, -0.15) is 0 Å². The van der Waals surface area contributed by atoms with E-state index in [1.807, 2.05) is 0 Å². The Morgan fingerprint density at radius 3 is 2.38 bits per heavy atom. The summed E-state index contributed by atoms with van der Waals surface area (Å²) in [5, 5.41) is 3.52. The first-order valence-electron chi connectivity index (χ1n) is 6.33. The second-order valence-electron chi connectivity index (χ2n) is 5.42. The minimum Gasteiger partial charge on any atom is -0.469 e. The van der Waals surface area contributed by atoms with Crippen molar-refractivity contribution in [1.82, 2.24) is 5.32 Å². The summed E-state index contributed by atoms with van der Waals surface area (Å²) in [5.41, 5.74) is -0.0288. The van der Waals surface area contributed by atoms with Gasteiger partial charge in [0.05, 0.1) is 13.5 Å². The molecular weight excluding hydrogens is 202 g/mol. The highest BCUT2D eigenvalue weighted by Crippen LogP contribution is 2.38. The van der Waals surface area contributed by atoms with Crippen molar-refractivity contribution in [2.45, 2.75) is 52.0 Å². The second kappa shape index (κ2) is 5.67. The Bertz CT molecular complexity index is 230. The lowest BCUT2D eigenvalue weighted by Crippen LogP contribution is -2.51. The molecule has 16 heavy (non-hydrogen) atoms. The number of ether oxygens (including phenoxy) is 1. The zero-order valence-electron chi connectivity index (χ0n) is 11.0. The summed E-state index contributed by atoms with van der Waals surface area (Å²) >= 11 is 0. The fraction of sp³-hybridized carbons (Fsp3) is 0.923. The molecule has 1 N–H and O–H groups in total. The molecule has 3 nitrogen and oxygen atoms in total. The molecule has 0 aliphatic heterocycles. The van der Waals surface area contributed by atoms with Crippen LogP contribution in [0.4, 0.5) is 0 Å². The molecule has 2 unspecified atom stereocenters. The summed E-state index contributed by atoms with van der Waals surface area (Å²) < 4.78 is 4.82. The second-order valence-corrected chi connectivity index (χ2v) is 5.42. The molecule has 3 heteroatoms. The molecule has 0 aromatic heterocycles. The van der Waals surface area contributed by atoms with Gasteiger partial charge in [0.1, 0.15) is 0 Å². The number of carbonyl (C=O) groups is 1. The first-order valence-corrected chi connectivity index (χ1v) is 6.33. The average molecular weight is 227 g/mol. The maximum absolute atomic E-state index is 11.5. The number of hydrogen-bond acceptors (Lipinski definition) is 3. The Labute approximate surface area is 98.9 Å². The van der Waals surface area contributed by atoms with Crippen LogP contribution >= 0.6 is 0 Å². The predicted molar refractivity (Wildman–Crippen MR) is 65.2 cm³/mol. The Hall–Kier alpha value is -0.570. The summed E-state index contributed by atoms with van der Waals surface area (Å²) in [4.78, 5) is 11.5. The van der Waals surface area contributed by atoms with Crippen molar-refractivity contribution in [3.8, 4) is 0 Å². The Kier molecular flexibility index (Phi) is 4.78. The lowest BCUT2D eigenvalue weighted by atomic mass is 9.70. The summed E-state index contributed by atoms with van der Waals surface area (Å²) in [5.74, 6) is 1.28. The summed E-state index contributed by atoms with van der Waals surface area (Å²) in [6.07, 6.45) is 3.95. The van der Waals surface area contributed by atoms with Crippen molar-refractivity contribution in [3.05, 3.63) is 0 Å². The van der Waals surface area contributed by atoms with Crippen LogP contribution in [-0.2, 0) is 9.53 Å². The van der Waals surface area contributed by atoms with E-state index in [9.17, 15) is 4.79 Å². The van der Waals surface area contributed by atoms with E-state index in [2.05, 4.69) is 26.1 Å². The van der Waals surface area contributed by atoms with Gasteiger partial charge >= 0.3 is 5.97 Å². The molecule has 1 aliphatic rings. The van der Waals surface area contributed by atoms with E-state index in [1.165, 1.54) is 13.5 Å². The minimum absolute atomic E-state index is 0.0288. The van der Waals surface area contributed by atoms with Crippen molar-refractivity contribution in [1.29, 1.82) is 0 Å². The molecule has 0 amide bonds. The fourth-order valence-corrected chi connectivity index (χ4v) is 3.35. The number of methoxy groups -OCH3 is 1. The Balaban J connectivity index is 2.73. The highest BCUT2D eigenvalue weighted by atomic mass is 16.5. The van der Waals surface area contributed by atoms with Crippen molar-refractivity contribution >= 4 is 5.97 Å². The number of nitrogens with one attached hydrogen (secondary N) is 1. The molecule has 0 aromatic carbocycles. The number of hydrogen-bond donors (Lipinski definition) is 1. The molecule has 1 rings (SSSR count). The predicted octanol–water partition coefficient (Wildman–Crippen LogP) is 2.35. The van der Waals surface area contributed by atoms with Gasteiger partial charge in [-0.05, 0) is 37.6 Å². The van der Waals surface area contributed by atoms with Gasteiger partial charge in [-0.15, -0.1) is 0 Å². The van der Waals surface area contributed by atoms with Crippen LogP contribution in [0.3, 0.4) is 0 Å². The van der Waals surface area contributed by atoms with Crippen molar-refractivity contribution in [2.24, 2.45) is 11.8 Å². The van der Waals surface area contributed by atoms with Crippen molar-refractivity contribution < 1.29 is 9.53 Å². The normalized spacial score (nSPS) is 34.8. The monoisotopic (exact) mass is 227 g/mol. The van der Waals surface area contributed by atoms with Crippen LogP contribution in [0, 0.1) is 11.8 Å². The van der Waals surface area contributed by atoms with E-state index in [-0.39, 0.29) is 11.5 Å². The topological polar surface area (TPSA) is 38.3 Å². The SMILES string of the molecule is CCNC1(CC(=O)OC)CC(C)CC(C)C1. The largest absolute Gasteiger partial charge is 0.469 e. The molecule has 0 aromatic rings.